The van der Waals surface area contributed by atoms with Crippen molar-refractivity contribution in [2.24, 2.45) is 0 Å². The van der Waals surface area contributed by atoms with E-state index < -0.39 is 29.3 Å². The molecule has 21 heavy (non-hydrogen) atoms. The summed E-state index contributed by atoms with van der Waals surface area (Å²) in [5.41, 5.74) is 0.781. The zero-order valence-corrected chi connectivity index (χ0v) is 12.2. The summed E-state index contributed by atoms with van der Waals surface area (Å²) < 4.78 is 4.70. The fourth-order valence-corrected chi connectivity index (χ4v) is 3.54. The van der Waals surface area contributed by atoms with Gasteiger partial charge in [-0.1, -0.05) is 30.3 Å². The monoisotopic (exact) mass is 309 g/mol. The zero-order valence-electron chi connectivity index (χ0n) is 11.4. The van der Waals surface area contributed by atoms with Gasteiger partial charge in [-0.25, -0.2) is 9.59 Å². The number of hydrogen-bond donors (Lipinski definition) is 1. The predicted molar refractivity (Wildman–Crippen MR) is 76.5 cm³/mol. The average molecular weight is 309 g/mol. The Balaban J connectivity index is 2.31. The number of nitrogens with zero attached hydrogens (tertiary/aromatic N) is 1. The lowest BCUT2D eigenvalue weighted by molar-refractivity contribution is -0.163. The Morgan fingerprint density at radius 3 is 2.57 bits per heavy atom. The average Bonchev–Trinajstić information content (AvgIpc) is 2.92. The van der Waals surface area contributed by atoms with E-state index in [2.05, 4.69) is 0 Å². The highest BCUT2D eigenvalue weighted by atomic mass is 32.2. The number of rotatable bonds is 3. The van der Waals surface area contributed by atoms with E-state index in [-0.39, 0.29) is 12.4 Å². The van der Waals surface area contributed by atoms with Crippen LogP contribution in [0, 0.1) is 0 Å². The second kappa shape index (κ2) is 6.62. The largest absolute Gasteiger partial charge is 0.480 e. The summed E-state index contributed by atoms with van der Waals surface area (Å²) in [6.45, 7) is 1.66. The van der Waals surface area contributed by atoms with Crippen LogP contribution < -0.4 is 0 Å². The van der Waals surface area contributed by atoms with Crippen molar-refractivity contribution in [3.8, 4) is 0 Å². The molecule has 0 saturated carbocycles. The second-order valence-electron chi connectivity index (χ2n) is 4.38. The van der Waals surface area contributed by atoms with Gasteiger partial charge >= 0.3 is 17.8 Å². The third-order valence-corrected chi connectivity index (χ3v) is 4.38. The number of ether oxygens (including phenoxy) is 1. The van der Waals surface area contributed by atoms with E-state index in [1.165, 1.54) is 11.8 Å². The Morgan fingerprint density at radius 1 is 1.33 bits per heavy atom. The van der Waals surface area contributed by atoms with Crippen molar-refractivity contribution in [3.63, 3.8) is 0 Å². The van der Waals surface area contributed by atoms with Crippen LogP contribution in [-0.4, -0.2) is 46.3 Å². The van der Waals surface area contributed by atoms with Crippen LogP contribution in [0.2, 0.25) is 0 Å². The van der Waals surface area contributed by atoms with Gasteiger partial charge in [-0.15, -0.1) is 11.8 Å². The number of esters is 1. The number of carboxylic acid groups (broad SMARTS) is 1. The van der Waals surface area contributed by atoms with Gasteiger partial charge in [0.15, 0.2) is 0 Å². The van der Waals surface area contributed by atoms with Crippen molar-refractivity contribution in [2.45, 2.75) is 18.3 Å². The van der Waals surface area contributed by atoms with Gasteiger partial charge in [0.25, 0.3) is 0 Å². The summed E-state index contributed by atoms with van der Waals surface area (Å²) in [6, 6.07) is 8.00. The maximum atomic E-state index is 12.2. The molecule has 1 aromatic rings. The van der Waals surface area contributed by atoms with Gasteiger partial charge in [-0.2, -0.15) is 0 Å². The molecule has 1 heterocycles. The molecule has 112 valence electrons. The van der Waals surface area contributed by atoms with Crippen LogP contribution in [0.3, 0.4) is 0 Å². The lowest BCUT2D eigenvalue weighted by Crippen LogP contribution is -2.46. The topological polar surface area (TPSA) is 83.9 Å². The molecule has 1 aliphatic heterocycles. The first-order valence-corrected chi connectivity index (χ1v) is 7.50. The Kier molecular flexibility index (Phi) is 4.85. The molecule has 7 heteroatoms. The van der Waals surface area contributed by atoms with Crippen molar-refractivity contribution in [1.82, 2.24) is 4.90 Å². The van der Waals surface area contributed by atoms with Crippen LogP contribution in [0.15, 0.2) is 30.3 Å². The maximum absolute atomic E-state index is 12.2. The Hall–Kier alpha value is -2.02. The molecule has 1 N–H and O–H groups in total. The lowest BCUT2D eigenvalue weighted by atomic mass is 10.1. The number of carbonyl (C=O) groups excluding carboxylic acids is 2. The van der Waals surface area contributed by atoms with E-state index in [1.54, 1.807) is 31.2 Å². The van der Waals surface area contributed by atoms with E-state index in [1.807, 2.05) is 6.07 Å². The molecule has 1 aliphatic rings. The second-order valence-corrected chi connectivity index (χ2v) is 5.50. The quantitative estimate of drug-likeness (QED) is 0.669. The number of benzene rings is 1. The fraction of sp³-hybridized carbons (Fsp3) is 0.357. The number of carboxylic acids is 1. The SMILES string of the molecule is CCOC(=O)C(=O)N1[C@@H](c2ccccc2)SC[C@H]1C(=O)O. The molecule has 0 radical (unpaired) electrons. The van der Waals surface area contributed by atoms with Crippen molar-refractivity contribution in [3.05, 3.63) is 35.9 Å². The minimum atomic E-state index is -1.13. The minimum absolute atomic E-state index is 0.0687. The molecule has 0 aromatic heterocycles. The van der Waals surface area contributed by atoms with Gasteiger partial charge in [0.2, 0.25) is 0 Å². The smallest absolute Gasteiger partial charge is 0.397 e. The first-order valence-electron chi connectivity index (χ1n) is 6.45. The van der Waals surface area contributed by atoms with Crippen LogP contribution in [0.5, 0.6) is 0 Å². The van der Waals surface area contributed by atoms with E-state index in [0.717, 1.165) is 10.5 Å². The Morgan fingerprint density at radius 2 is 2.00 bits per heavy atom. The Labute approximate surface area is 126 Å². The molecule has 0 spiro atoms. The van der Waals surface area contributed by atoms with Gasteiger partial charge in [0, 0.05) is 5.75 Å². The predicted octanol–water partition coefficient (Wildman–Crippen LogP) is 1.28. The number of thioether (sulfide) groups is 1. The van der Waals surface area contributed by atoms with E-state index in [9.17, 15) is 19.5 Å². The van der Waals surface area contributed by atoms with Crippen molar-refractivity contribution < 1.29 is 24.2 Å². The highest BCUT2D eigenvalue weighted by molar-refractivity contribution is 7.99. The summed E-state index contributed by atoms with van der Waals surface area (Å²) in [7, 11) is 0. The molecular formula is C14H15NO5S. The molecule has 1 saturated heterocycles. The number of amides is 1. The molecule has 1 fully saturated rings. The summed E-state index contributed by atoms with van der Waals surface area (Å²) in [4.78, 5) is 36.3. The molecule has 0 bridgehead atoms. The molecule has 0 unspecified atom stereocenters. The maximum Gasteiger partial charge on any atom is 0.397 e. The van der Waals surface area contributed by atoms with E-state index in [0.29, 0.717) is 0 Å². The number of carbonyl (C=O) groups is 3. The summed E-state index contributed by atoms with van der Waals surface area (Å²) in [5.74, 6) is -2.83. The van der Waals surface area contributed by atoms with Gasteiger partial charge in [0.05, 0.1) is 6.61 Å². The van der Waals surface area contributed by atoms with Crippen molar-refractivity contribution in [2.75, 3.05) is 12.4 Å². The third-order valence-electron chi connectivity index (χ3n) is 3.05. The van der Waals surface area contributed by atoms with Crippen LogP contribution >= 0.6 is 11.8 Å². The van der Waals surface area contributed by atoms with Crippen LogP contribution in [0.4, 0.5) is 0 Å². The minimum Gasteiger partial charge on any atom is -0.480 e. The Bertz CT molecular complexity index is 548. The highest BCUT2D eigenvalue weighted by Gasteiger charge is 2.44. The number of hydrogen-bond acceptors (Lipinski definition) is 5. The van der Waals surface area contributed by atoms with Gasteiger partial charge in [0.1, 0.15) is 11.4 Å². The molecule has 2 atom stereocenters. The molecule has 6 nitrogen and oxygen atoms in total. The molecule has 1 aromatic carbocycles. The van der Waals surface area contributed by atoms with Gasteiger partial charge < -0.3 is 14.7 Å². The number of aliphatic carboxylic acids is 1. The molecular weight excluding hydrogens is 294 g/mol. The lowest BCUT2D eigenvalue weighted by Gasteiger charge is -2.26. The van der Waals surface area contributed by atoms with Crippen molar-refractivity contribution >= 4 is 29.6 Å². The molecule has 1 amide bonds. The van der Waals surface area contributed by atoms with Crippen molar-refractivity contribution in [1.29, 1.82) is 0 Å². The van der Waals surface area contributed by atoms with Gasteiger partial charge in [-0.05, 0) is 12.5 Å². The van der Waals surface area contributed by atoms with Crippen LogP contribution in [-0.2, 0) is 19.1 Å². The zero-order chi connectivity index (χ0) is 15.4. The highest BCUT2D eigenvalue weighted by Crippen LogP contribution is 2.41. The van der Waals surface area contributed by atoms with E-state index in [4.69, 9.17) is 4.74 Å². The van der Waals surface area contributed by atoms with E-state index >= 15 is 0 Å². The molecule has 0 aliphatic carbocycles. The summed E-state index contributed by atoms with van der Waals surface area (Å²) in [5, 5.41) is 8.75. The molecule has 2 rings (SSSR count). The summed E-state index contributed by atoms with van der Waals surface area (Å²) in [6.07, 6.45) is 0. The first kappa shape index (κ1) is 15.4. The third kappa shape index (κ3) is 3.18. The fourth-order valence-electron chi connectivity index (χ4n) is 2.12. The normalized spacial score (nSPS) is 21.1. The standard InChI is InChI=1S/C14H15NO5S/c1-2-20-14(19)11(16)15-10(13(17)18)8-21-12(15)9-6-4-3-5-7-9/h3-7,10,12H,2,8H2,1H3,(H,17,18)/t10-,12+/m0/s1. The van der Waals surface area contributed by atoms with Crippen LogP contribution in [0.25, 0.3) is 0 Å². The van der Waals surface area contributed by atoms with Gasteiger partial charge in [-0.3, -0.25) is 4.79 Å². The van der Waals surface area contributed by atoms with Crippen LogP contribution in [0.1, 0.15) is 17.9 Å². The first-order chi connectivity index (χ1) is 10.1. The summed E-state index contributed by atoms with van der Waals surface area (Å²) >= 11 is 1.32.